The van der Waals surface area contributed by atoms with Crippen LogP contribution in [0.15, 0.2) is 0 Å². The fourth-order valence-corrected chi connectivity index (χ4v) is 4.00. The van der Waals surface area contributed by atoms with Crippen LogP contribution in [0, 0.1) is 0 Å². The van der Waals surface area contributed by atoms with Crippen molar-refractivity contribution in [2.75, 3.05) is 41.7 Å². The Kier molecular flexibility index (Phi) is 4.45. The van der Waals surface area contributed by atoms with E-state index in [-0.39, 0.29) is 0 Å². The third-order valence-electron chi connectivity index (χ3n) is 4.09. The van der Waals surface area contributed by atoms with Gasteiger partial charge in [0.25, 0.3) is 0 Å². The highest BCUT2D eigenvalue weighted by atomic mass is 35.5. The zero-order chi connectivity index (χ0) is 14.9. The van der Waals surface area contributed by atoms with Crippen LogP contribution >= 0.6 is 23.4 Å². The molecule has 5 nitrogen and oxygen atoms in total. The molecule has 3 heterocycles. The number of anilines is 2. The number of rotatable bonds is 2. The standard InChI is InChI=1S/C14H22ClN5S/c1-14(2)5-8-20(9-10-21-14)13-17-11(15)16-12(18-13)19-6-3-4-7-19/h3-10H2,1-2H3. The van der Waals surface area contributed by atoms with Crippen molar-refractivity contribution in [2.45, 2.75) is 37.9 Å². The maximum absolute atomic E-state index is 6.12. The fraction of sp³-hybridized carbons (Fsp3) is 0.786. The van der Waals surface area contributed by atoms with E-state index in [9.17, 15) is 0 Å². The van der Waals surface area contributed by atoms with E-state index in [1.165, 1.54) is 12.8 Å². The van der Waals surface area contributed by atoms with Gasteiger partial charge in [0.2, 0.25) is 17.2 Å². The van der Waals surface area contributed by atoms with E-state index in [0.29, 0.717) is 10.0 Å². The van der Waals surface area contributed by atoms with Gasteiger partial charge in [0.1, 0.15) is 0 Å². The Morgan fingerprint density at radius 2 is 1.57 bits per heavy atom. The molecule has 0 radical (unpaired) electrons. The monoisotopic (exact) mass is 327 g/mol. The van der Waals surface area contributed by atoms with Crippen molar-refractivity contribution in [1.82, 2.24) is 15.0 Å². The molecule has 0 aromatic carbocycles. The number of nitrogens with zero attached hydrogens (tertiary/aromatic N) is 5. The van der Waals surface area contributed by atoms with Crippen molar-refractivity contribution in [3.63, 3.8) is 0 Å². The van der Waals surface area contributed by atoms with Gasteiger partial charge in [0.05, 0.1) is 0 Å². The highest BCUT2D eigenvalue weighted by Crippen LogP contribution is 2.32. The Hall–Kier alpha value is -0.750. The van der Waals surface area contributed by atoms with Crippen LogP contribution in [-0.4, -0.2) is 51.6 Å². The summed E-state index contributed by atoms with van der Waals surface area (Å²) >= 11 is 8.14. The second-order valence-corrected chi connectivity index (χ2v) is 8.38. The first-order valence-corrected chi connectivity index (χ1v) is 8.95. The lowest BCUT2D eigenvalue weighted by molar-refractivity contribution is 0.630. The van der Waals surface area contributed by atoms with Crippen LogP contribution < -0.4 is 9.80 Å². The Bertz CT molecular complexity index is 504. The smallest absolute Gasteiger partial charge is 0.231 e. The molecule has 0 unspecified atom stereocenters. The molecule has 0 saturated carbocycles. The molecule has 2 saturated heterocycles. The van der Waals surface area contributed by atoms with Gasteiger partial charge in [-0.05, 0) is 30.9 Å². The molecule has 3 rings (SSSR count). The van der Waals surface area contributed by atoms with E-state index >= 15 is 0 Å². The zero-order valence-electron chi connectivity index (χ0n) is 12.7. The van der Waals surface area contributed by atoms with E-state index in [2.05, 4.69) is 38.6 Å². The number of halogens is 1. The molecule has 116 valence electrons. The average molecular weight is 328 g/mol. The van der Waals surface area contributed by atoms with Crippen LogP contribution in [0.3, 0.4) is 0 Å². The van der Waals surface area contributed by atoms with Crippen LogP contribution in [0.2, 0.25) is 5.28 Å². The Morgan fingerprint density at radius 1 is 0.952 bits per heavy atom. The van der Waals surface area contributed by atoms with Gasteiger partial charge in [-0.2, -0.15) is 26.7 Å². The average Bonchev–Trinajstić information content (AvgIpc) is 2.89. The first-order chi connectivity index (χ1) is 10.0. The lowest BCUT2D eigenvalue weighted by Gasteiger charge is -2.23. The predicted octanol–water partition coefficient (Wildman–Crippen LogP) is 2.85. The van der Waals surface area contributed by atoms with Crippen molar-refractivity contribution in [1.29, 1.82) is 0 Å². The topological polar surface area (TPSA) is 45.2 Å². The Labute approximate surface area is 135 Å². The predicted molar refractivity (Wildman–Crippen MR) is 89.7 cm³/mol. The van der Waals surface area contributed by atoms with E-state index in [0.717, 1.165) is 50.2 Å². The quantitative estimate of drug-likeness (QED) is 0.832. The first kappa shape index (κ1) is 15.2. The molecule has 1 aromatic heterocycles. The molecular weight excluding hydrogens is 306 g/mol. The molecule has 0 bridgehead atoms. The molecule has 0 aliphatic carbocycles. The summed E-state index contributed by atoms with van der Waals surface area (Å²) in [5.41, 5.74) is 0. The lowest BCUT2D eigenvalue weighted by Crippen LogP contribution is -2.30. The van der Waals surface area contributed by atoms with Crippen LogP contribution in [0.1, 0.15) is 33.1 Å². The minimum absolute atomic E-state index is 0.304. The van der Waals surface area contributed by atoms with Crippen LogP contribution in [0.5, 0.6) is 0 Å². The fourth-order valence-electron chi connectivity index (χ4n) is 2.75. The summed E-state index contributed by atoms with van der Waals surface area (Å²) in [5, 5.41) is 0.304. The molecule has 2 fully saturated rings. The van der Waals surface area contributed by atoms with Gasteiger partial charge in [-0.3, -0.25) is 0 Å². The molecule has 7 heteroatoms. The van der Waals surface area contributed by atoms with Gasteiger partial charge in [-0.25, -0.2) is 0 Å². The maximum Gasteiger partial charge on any atom is 0.231 e. The van der Waals surface area contributed by atoms with E-state index < -0.39 is 0 Å². The normalized spacial score (nSPS) is 22.4. The summed E-state index contributed by atoms with van der Waals surface area (Å²) in [6, 6.07) is 0. The minimum atomic E-state index is 0.304. The molecule has 0 amide bonds. The molecule has 0 atom stereocenters. The maximum atomic E-state index is 6.12. The minimum Gasteiger partial charge on any atom is -0.341 e. The largest absolute Gasteiger partial charge is 0.341 e. The number of hydrogen-bond acceptors (Lipinski definition) is 6. The van der Waals surface area contributed by atoms with Crippen molar-refractivity contribution in [3.8, 4) is 0 Å². The van der Waals surface area contributed by atoms with Crippen molar-refractivity contribution < 1.29 is 0 Å². The first-order valence-electron chi connectivity index (χ1n) is 7.59. The molecule has 21 heavy (non-hydrogen) atoms. The number of thioether (sulfide) groups is 1. The summed E-state index contributed by atoms with van der Waals surface area (Å²) in [6.07, 6.45) is 3.53. The number of hydrogen-bond donors (Lipinski definition) is 0. The number of aromatic nitrogens is 3. The SMILES string of the molecule is CC1(C)CCN(c2nc(Cl)nc(N3CCCC3)n2)CCS1. The van der Waals surface area contributed by atoms with E-state index in [1.54, 1.807) is 0 Å². The van der Waals surface area contributed by atoms with Crippen molar-refractivity contribution >= 4 is 35.3 Å². The highest BCUT2D eigenvalue weighted by Gasteiger charge is 2.26. The van der Waals surface area contributed by atoms with Gasteiger partial charge in [0, 0.05) is 36.7 Å². The molecule has 1 aromatic rings. The Balaban J connectivity index is 1.81. The van der Waals surface area contributed by atoms with Crippen molar-refractivity contribution in [2.24, 2.45) is 0 Å². The summed E-state index contributed by atoms with van der Waals surface area (Å²) in [5.74, 6) is 2.56. The van der Waals surface area contributed by atoms with E-state index in [4.69, 9.17) is 11.6 Å². The Morgan fingerprint density at radius 3 is 2.24 bits per heavy atom. The van der Waals surface area contributed by atoms with Gasteiger partial charge in [0.15, 0.2) is 0 Å². The van der Waals surface area contributed by atoms with Gasteiger partial charge < -0.3 is 9.80 Å². The molecule has 2 aliphatic heterocycles. The van der Waals surface area contributed by atoms with Crippen molar-refractivity contribution in [3.05, 3.63) is 5.28 Å². The second-order valence-electron chi connectivity index (χ2n) is 6.24. The van der Waals surface area contributed by atoms with Crippen LogP contribution in [-0.2, 0) is 0 Å². The summed E-state index contributed by atoms with van der Waals surface area (Å²) in [6.45, 7) is 8.58. The lowest BCUT2D eigenvalue weighted by atomic mass is 10.1. The highest BCUT2D eigenvalue weighted by molar-refractivity contribution is 8.00. The summed E-state index contributed by atoms with van der Waals surface area (Å²) in [7, 11) is 0. The molecule has 0 spiro atoms. The van der Waals surface area contributed by atoms with Crippen LogP contribution in [0.4, 0.5) is 11.9 Å². The summed E-state index contributed by atoms with van der Waals surface area (Å²) in [4.78, 5) is 17.8. The van der Waals surface area contributed by atoms with Gasteiger partial charge in [-0.1, -0.05) is 13.8 Å². The molecule has 0 N–H and O–H groups in total. The summed E-state index contributed by atoms with van der Waals surface area (Å²) < 4.78 is 0.323. The van der Waals surface area contributed by atoms with E-state index in [1.807, 2.05) is 11.8 Å². The zero-order valence-corrected chi connectivity index (χ0v) is 14.3. The third kappa shape index (κ3) is 3.72. The van der Waals surface area contributed by atoms with Gasteiger partial charge >= 0.3 is 0 Å². The molecule has 2 aliphatic rings. The third-order valence-corrected chi connectivity index (χ3v) is 5.64. The molecular formula is C14H22ClN5S. The van der Waals surface area contributed by atoms with Gasteiger partial charge in [-0.15, -0.1) is 0 Å². The second kappa shape index (κ2) is 6.16. The van der Waals surface area contributed by atoms with Crippen LogP contribution in [0.25, 0.3) is 0 Å².